The third-order valence-electron chi connectivity index (χ3n) is 1.95. The van der Waals surface area contributed by atoms with Gasteiger partial charge in [-0.25, -0.2) is 8.42 Å². The van der Waals surface area contributed by atoms with E-state index >= 15 is 0 Å². The van der Waals surface area contributed by atoms with Crippen LogP contribution in [0.5, 0.6) is 0 Å². The number of nitrogens with two attached hydrogens (primary N) is 1. The first-order valence-electron chi connectivity index (χ1n) is 4.63. The van der Waals surface area contributed by atoms with Gasteiger partial charge in [-0.1, -0.05) is 0 Å². The zero-order valence-corrected chi connectivity index (χ0v) is 9.71. The maximum absolute atomic E-state index is 10.9. The summed E-state index contributed by atoms with van der Waals surface area (Å²) < 4.78 is 21.8. The minimum absolute atomic E-state index is 0.0300. The third kappa shape index (κ3) is 3.79. The van der Waals surface area contributed by atoms with E-state index in [0.29, 0.717) is 16.9 Å². The summed E-state index contributed by atoms with van der Waals surface area (Å²) in [7, 11) is -2.99. The van der Waals surface area contributed by atoms with Gasteiger partial charge in [0.2, 0.25) is 0 Å². The van der Waals surface area contributed by atoms with Gasteiger partial charge in [0.25, 0.3) is 0 Å². The Morgan fingerprint density at radius 3 is 2.75 bits per heavy atom. The molecule has 0 bridgehead atoms. The fourth-order valence-corrected chi connectivity index (χ4v) is 1.65. The Morgan fingerprint density at radius 2 is 2.19 bits per heavy atom. The number of nitrogens with one attached hydrogen (secondary N) is 1. The van der Waals surface area contributed by atoms with E-state index in [4.69, 9.17) is 11.0 Å². The van der Waals surface area contributed by atoms with Gasteiger partial charge in [0.1, 0.15) is 15.9 Å². The summed E-state index contributed by atoms with van der Waals surface area (Å²) in [6.45, 7) is 0.275. The quantitative estimate of drug-likeness (QED) is 0.750. The third-order valence-corrected chi connectivity index (χ3v) is 2.90. The summed E-state index contributed by atoms with van der Waals surface area (Å²) in [5, 5.41) is 11.7. The Kier molecular flexibility index (Phi) is 3.74. The van der Waals surface area contributed by atoms with Gasteiger partial charge in [0, 0.05) is 18.5 Å². The van der Waals surface area contributed by atoms with Gasteiger partial charge in [-0.3, -0.25) is 0 Å². The predicted octanol–water partition coefficient (Wildman–Crippen LogP) is 0.597. The number of hydrogen-bond donors (Lipinski definition) is 2. The van der Waals surface area contributed by atoms with Gasteiger partial charge in [0.15, 0.2) is 0 Å². The van der Waals surface area contributed by atoms with Crippen molar-refractivity contribution in [3.63, 3.8) is 0 Å². The van der Waals surface area contributed by atoms with E-state index in [1.165, 1.54) is 6.26 Å². The Hall–Kier alpha value is -1.74. The van der Waals surface area contributed by atoms with Crippen LogP contribution in [0.1, 0.15) is 5.56 Å². The molecule has 0 atom stereocenters. The fraction of sp³-hybridized carbons (Fsp3) is 0.300. The second-order valence-electron chi connectivity index (χ2n) is 3.47. The molecule has 6 heteroatoms. The molecule has 0 spiro atoms. The van der Waals surface area contributed by atoms with Crippen LogP contribution < -0.4 is 11.1 Å². The monoisotopic (exact) mass is 239 g/mol. The Labute approximate surface area is 94.8 Å². The van der Waals surface area contributed by atoms with Crippen molar-refractivity contribution in [1.82, 2.24) is 0 Å². The molecule has 0 unspecified atom stereocenters. The van der Waals surface area contributed by atoms with E-state index in [9.17, 15) is 8.42 Å². The number of nitrogen functional groups attached to an aromatic ring is 1. The molecule has 86 valence electrons. The molecule has 0 saturated heterocycles. The zero-order valence-electron chi connectivity index (χ0n) is 8.90. The van der Waals surface area contributed by atoms with Crippen LogP contribution in [0.25, 0.3) is 0 Å². The van der Waals surface area contributed by atoms with Crippen LogP contribution in [0.3, 0.4) is 0 Å². The maximum Gasteiger partial charge on any atom is 0.149 e. The van der Waals surface area contributed by atoms with E-state index in [1.807, 2.05) is 6.07 Å². The fourth-order valence-electron chi connectivity index (χ4n) is 1.18. The first-order chi connectivity index (χ1) is 7.42. The van der Waals surface area contributed by atoms with Crippen molar-refractivity contribution in [2.24, 2.45) is 0 Å². The average molecular weight is 239 g/mol. The molecule has 16 heavy (non-hydrogen) atoms. The smallest absolute Gasteiger partial charge is 0.149 e. The molecule has 0 aliphatic rings. The highest BCUT2D eigenvalue weighted by molar-refractivity contribution is 7.90. The molecule has 0 aliphatic heterocycles. The Morgan fingerprint density at radius 1 is 1.50 bits per heavy atom. The van der Waals surface area contributed by atoms with E-state index in [0.717, 1.165) is 0 Å². The maximum atomic E-state index is 10.9. The first kappa shape index (κ1) is 12.3. The van der Waals surface area contributed by atoms with E-state index < -0.39 is 9.84 Å². The molecule has 0 heterocycles. The van der Waals surface area contributed by atoms with Crippen molar-refractivity contribution < 1.29 is 8.42 Å². The molecule has 1 aromatic carbocycles. The molecule has 0 fully saturated rings. The summed E-state index contributed by atoms with van der Waals surface area (Å²) in [5.74, 6) is 0.0300. The molecule has 0 aromatic heterocycles. The standard InChI is InChI=1S/C10H13N3O2S/c1-16(14,15)5-4-13-10-3-2-9(12)6-8(10)7-11/h2-3,6,13H,4-5,12H2,1H3. The Bertz CT molecular complexity index is 517. The molecule has 0 saturated carbocycles. The molecule has 0 radical (unpaired) electrons. The van der Waals surface area contributed by atoms with Crippen LogP contribution in [0.4, 0.5) is 11.4 Å². The summed E-state index contributed by atoms with van der Waals surface area (Å²) in [4.78, 5) is 0. The van der Waals surface area contributed by atoms with E-state index in [1.54, 1.807) is 18.2 Å². The number of nitrogens with zero attached hydrogens (tertiary/aromatic N) is 1. The number of hydrogen-bond acceptors (Lipinski definition) is 5. The summed E-state index contributed by atoms with van der Waals surface area (Å²) in [6, 6.07) is 6.86. The van der Waals surface area contributed by atoms with E-state index in [-0.39, 0.29) is 12.3 Å². The second kappa shape index (κ2) is 4.86. The van der Waals surface area contributed by atoms with Crippen molar-refractivity contribution in [2.75, 3.05) is 29.6 Å². The zero-order chi connectivity index (χ0) is 12.2. The minimum atomic E-state index is -2.99. The van der Waals surface area contributed by atoms with Crippen molar-refractivity contribution in [3.05, 3.63) is 23.8 Å². The van der Waals surface area contributed by atoms with Crippen molar-refractivity contribution in [1.29, 1.82) is 5.26 Å². The molecule has 5 nitrogen and oxygen atoms in total. The largest absolute Gasteiger partial charge is 0.399 e. The first-order valence-corrected chi connectivity index (χ1v) is 6.69. The molecular weight excluding hydrogens is 226 g/mol. The number of rotatable bonds is 4. The summed E-state index contributed by atoms with van der Waals surface area (Å²) in [6.07, 6.45) is 1.17. The highest BCUT2D eigenvalue weighted by Crippen LogP contribution is 2.17. The van der Waals surface area contributed by atoms with Crippen LogP contribution in [0.2, 0.25) is 0 Å². The van der Waals surface area contributed by atoms with Gasteiger partial charge in [-0.05, 0) is 18.2 Å². The predicted molar refractivity (Wildman–Crippen MR) is 63.8 cm³/mol. The number of benzene rings is 1. The van der Waals surface area contributed by atoms with Gasteiger partial charge in [-0.15, -0.1) is 0 Å². The van der Waals surface area contributed by atoms with Crippen LogP contribution in [-0.2, 0) is 9.84 Å². The Balaban J connectivity index is 2.72. The average Bonchev–Trinajstić information content (AvgIpc) is 2.18. The van der Waals surface area contributed by atoms with Gasteiger partial charge in [0.05, 0.1) is 17.0 Å². The molecule has 1 rings (SSSR count). The van der Waals surface area contributed by atoms with Crippen LogP contribution in [-0.4, -0.2) is 27.0 Å². The van der Waals surface area contributed by atoms with Crippen molar-refractivity contribution >= 4 is 21.2 Å². The number of sulfone groups is 1. The minimum Gasteiger partial charge on any atom is -0.399 e. The molecule has 1 aromatic rings. The molecule has 0 aliphatic carbocycles. The molecule has 0 amide bonds. The van der Waals surface area contributed by atoms with Gasteiger partial charge >= 0.3 is 0 Å². The van der Waals surface area contributed by atoms with Crippen molar-refractivity contribution in [2.45, 2.75) is 0 Å². The van der Waals surface area contributed by atoms with Crippen LogP contribution in [0, 0.1) is 11.3 Å². The van der Waals surface area contributed by atoms with Crippen molar-refractivity contribution in [3.8, 4) is 6.07 Å². The summed E-state index contributed by atoms with van der Waals surface area (Å²) >= 11 is 0. The lowest BCUT2D eigenvalue weighted by molar-refractivity contribution is 0.602. The molecule has 3 N–H and O–H groups in total. The normalized spacial score (nSPS) is 10.8. The van der Waals surface area contributed by atoms with E-state index in [2.05, 4.69) is 5.32 Å². The van der Waals surface area contributed by atoms with Crippen LogP contribution >= 0.6 is 0 Å². The SMILES string of the molecule is CS(=O)(=O)CCNc1ccc(N)cc1C#N. The number of nitriles is 1. The lowest BCUT2D eigenvalue weighted by Crippen LogP contribution is -2.14. The van der Waals surface area contributed by atoms with Crippen LogP contribution in [0.15, 0.2) is 18.2 Å². The molecular formula is C10H13N3O2S. The number of anilines is 2. The van der Waals surface area contributed by atoms with Gasteiger partial charge in [-0.2, -0.15) is 5.26 Å². The highest BCUT2D eigenvalue weighted by atomic mass is 32.2. The lowest BCUT2D eigenvalue weighted by atomic mass is 10.2. The summed E-state index contributed by atoms with van der Waals surface area (Å²) in [5.41, 5.74) is 7.04. The topological polar surface area (TPSA) is 96.0 Å². The highest BCUT2D eigenvalue weighted by Gasteiger charge is 2.04. The lowest BCUT2D eigenvalue weighted by Gasteiger charge is -2.07. The second-order valence-corrected chi connectivity index (χ2v) is 5.73. The van der Waals surface area contributed by atoms with Gasteiger partial charge < -0.3 is 11.1 Å².